The Bertz CT molecular complexity index is 579. The summed E-state index contributed by atoms with van der Waals surface area (Å²) in [6.45, 7) is 2.91. The first-order valence-corrected chi connectivity index (χ1v) is 7.17. The molecule has 0 aliphatic carbocycles. The van der Waals surface area contributed by atoms with Gasteiger partial charge in [-0.3, -0.25) is 0 Å². The summed E-state index contributed by atoms with van der Waals surface area (Å²) in [5.74, 6) is 0.617. The number of hydrogen-bond donors (Lipinski definition) is 1. The number of aromatic nitrogens is 1. The molecule has 0 aliphatic heterocycles. The fraction of sp³-hybridized carbons (Fsp3) is 0.353. The Labute approximate surface area is 126 Å². The summed E-state index contributed by atoms with van der Waals surface area (Å²) in [5, 5.41) is 3.44. The summed E-state index contributed by atoms with van der Waals surface area (Å²) in [4.78, 5) is 6.32. The Balaban J connectivity index is 2.18. The van der Waals surface area contributed by atoms with E-state index >= 15 is 0 Å². The van der Waals surface area contributed by atoms with Gasteiger partial charge in [0.1, 0.15) is 5.69 Å². The highest BCUT2D eigenvalue weighted by Gasteiger charge is 2.11. The molecule has 2 rings (SSSR count). The molecule has 0 atom stereocenters. The van der Waals surface area contributed by atoms with E-state index in [2.05, 4.69) is 41.5 Å². The van der Waals surface area contributed by atoms with Crippen molar-refractivity contribution in [3.05, 3.63) is 47.7 Å². The van der Waals surface area contributed by atoms with E-state index < -0.39 is 0 Å². The van der Waals surface area contributed by atoms with E-state index in [9.17, 15) is 0 Å². The predicted molar refractivity (Wildman–Crippen MR) is 88.3 cm³/mol. The molecule has 2 aromatic rings. The van der Waals surface area contributed by atoms with Crippen molar-refractivity contribution in [3.63, 3.8) is 0 Å². The molecule has 0 fully saturated rings. The quantitative estimate of drug-likeness (QED) is 0.883. The average Bonchev–Trinajstić information content (AvgIpc) is 2.52. The Morgan fingerprint density at radius 1 is 1.10 bits per heavy atom. The second-order valence-corrected chi connectivity index (χ2v) is 5.13. The Hall–Kier alpha value is -2.23. The smallest absolute Gasteiger partial charge is 0.239 e. The summed E-state index contributed by atoms with van der Waals surface area (Å²) in [6.07, 6.45) is 2.82. The van der Waals surface area contributed by atoms with Gasteiger partial charge < -0.3 is 15.0 Å². The molecule has 0 bridgehead atoms. The monoisotopic (exact) mass is 285 g/mol. The summed E-state index contributed by atoms with van der Waals surface area (Å²) in [6, 6.07) is 10.6. The van der Waals surface area contributed by atoms with Crippen LogP contribution in [0.25, 0.3) is 0 Å². The molecule has 0 saturated carbocycles. The molecule has 1 N–H and O–H groups in total. The van der Waals surface area contributed by atoms with Gasteiger partial charge in [0, 0.05) is 26.8 Å². The van der Waals surface area contributed by atoms with Gasteiger partial charge in [-0.15, -0.1) is 0 Å². The maximum Gasteiger partial charge on any atom is 0.239 e. The average molecular weight is 285 g/mol. The molecular formula is C17H23N3O. The lowest BCUT2D eigenvalue weighted by molar-refractivity contribution is 0.400. The van der Waals surface area contributed by atoms with Crippen molar-refractivity contribution in [2.45, 2.75) is 19.9 Å². The van der Waals surface area contributed by atoms with E-state index in [1.165, 1.54) is 11.1 Å². The normalized spacial score (nSPS) is 10.3. The fourth-order valence-corrected chi connectivity index (χ4v) is 2.21. The van der Waals surface area contributed by atoms with Crippen LogP contribution in [-0.4, -0.2) is 26.2 Å². The molecule has 0 amide bonds. The molecule has 112 valence electrons. The van der Waals surface area contributed by atoms with Crippen LogP contribution in [0.4, 0.5) is 11.4 Å². The molecular weight excluding hydrogens is 262 g/mol. The van der Waals surface area contributed by atoms with Crippen LogP contribution in [0.3, 0.4) is 0 Å². The van der Waals surface area contributed by atoms with E-state index in [1.807, 2.05) is 25.1 Å². The number of anilines is 2. The standard InChI is InChI=1S/C17H23N3O/c1-5-13-6-8-14(9-7-13)12-19-16-15(20(2)3)10-11-18-17(16)21-4/h6-11,19H,5,12H2,1-4H3. The number of nitrogens with one attached hydrogen (secondary N) is 1. The van der Waals surface area contributed by atoms with E-state index in [0.29, 0.717) is 5.88 Å². The summed E-state index contributed by atoms with van der Waals surface area (Å²) in [5.41, 5.74) is 4.58. The summed E-state index contributed by atoms with van der Waals surface area (Å²) < 4.78 is 5.36. The number of nitrogens with zero attached hydrogens (tertiary/aromatic N) is 2. The minimum absolute atomic E-state index is 0.617. The van der Waals surface area contributed by atoms with E-state index in [0.717, 1.165) is 24.3 Å². The molecule has 1 heterocycles. The van der Waals surface area contributed by atoms with Crippen LogP contribution in [0.5, 0.6) is 5.88 Å². The second-order valence-electron chi connectivity index (χ2n) is 5.13. The third-order valence-electron chi connectivity index (χ3n) is 3.47. The number of rotatable bonds is 6. The molecule has 4 heteroatoms. The zero-order valence-corrected chi connectivity index (χ0v) is 13.2. The second kappa shape index (κ2) is 6.97. The van der Waals surface area contributed by atoms with Crippen molar-refractivity contribution in [1.82, 2.24) is 4.98 Å². The predicted octanol–water partition coefficient (Wildman–Crippen LogP) is 3.33. The van der Waals surface area contributed by atoms with Gasteiger partial charge >= 0.3 is 0 Å². The van der Waals surface area contributed by atoms with Crippen LogP contribution in [0.15, 0.2) is 36.5 Å². The first kappa shape index (κ1) is 15.2. The molecule has 4 nitrogen and oxygen atoms in total. The Kier molecular flexibility index (Phi) is 5.04. The molecule has 21 heavy (non-hydrogen) atoms. The molecule has 1 aromatic heterocycles. The van der Waals surface area contributed by atoms with Crippen LogP contribution in [0, 0.1) is 0 Å². The van der Waals surface area contributed by atoms with Crippen molar-refractivity contribution in [2.24, 2.45) is 0 Å². The van der Waals surface area contributed by atoms with Gasteiger partial charge in [-0.2, -0.15) is 0 Å². The number of hydrogen-bond acceptors (Lipinski definition) is 4. The van der Waals surface area contributed by atoms with E-state index in [4.69, 9.17) is 4.74 Å². The van der Waals surface area contributed by atoms with E-state index in [-0.39, 0.29) is 0 Å². The van der Waals surface area contributed by atoms with Gasteiger partial charge in [-0.05, 0) is 23.6 Å². The molecule has 0 spiro atoms. The molecule has 1 aromatic carbocycles. The maximum absolute atomic E-state index is 5.36. The first-order chi connectivity index (χ1) is 10.2. The Morgan fingerprint density at radius 2 is 1.76 bits per heavy atom. The van der Waals surface area contributed by atoms with Crippen molar-refractivity contribution in [2.75, 3.05) is 31.4 Å². The van der Waals surface area contributed by atoms with Crippen molar-refractivity contribution in [1.29, 1.82) is 0 Å². The number of methoxy groups -OCH3 is 1. The van der Waals surface area contributed by atoms with Crippen molar-refractivity contribution >= 4 is 11.4 Å². The van der Waals surface area contributed by atoms with Crippen LogP contribution < -0.4 is 15.0 Å². The summed E-state index contributed by atoms with van der Waals surface area (Å²) in [7, 11) is 5.66. The number of benzene rings is 1. The highest BCUT2D eigenvalue weighted by Crippen LogP contribution is 2.32. The van der Waals surface area contributed by atoms with Crippen molar-refractivity contribution in [3.8, 4) is 5.88 Å². The largest absolute Gasteiger partial charge is 0.479 e. The zero-order chi connectivity index (χ0) is 15.2. The minimum Gasteiger partial charge on any atom is -0.479 e. The molecule has 0 unspecified atom stereocenters. The number of pyridine rings is 1. The highest BCUT2D eigenvalue weighted by molar-refractivity contribution is 5.74. The third kappa shape index (κ3) is 3.66. The zero-order valence-electron chi connectivity index (χ0n) is 13.2. The first-order valence-electron chi connectivity index (χ1n) is 7.17. The van der Waals surface area contributed by atoms with Crippen LogP contribution in [-0.2, 0) is 13.0 Å². The van der Waals surface area contributed by atoms with Crippen LogP contribution in [0.2, 0.25) is 0 Å². The van der Waals surface area contributed by atoms with Gasteiger partial charge in [0.25, 0.3) is 0 Å². The van der Waals surface area contributed by atoms with Gasteiger partial charge in [-0.1, -0.05) is 31.2 Å². The highest BCUT2D eigenvalue weighted by atomic mass is 16.5. The summed E-state index contributed by atoms with van der Waals surface area (Å²) >= 11 is 0. The van der Waals surface area contributed by atoms with Crippen LogP contribution >= 0.6 is 0 Å². The fourth-order valence-electron chi connectivity index (χ4n) is 2.21. The lowest BCUT2D eigenvalue weighted by Crippen LogP contribution is -2.13. The Morgan fingerprint density at radius 3 is 2.33 bits per heavy atom. The van der Waals surface area contributed by atoms with Crippen LogP contribution in [0.1, 0.15) is 18.1 Å². The van der Waals surface area contributed by atoms with Gasteiger partial charge in [0.2, 0.25) is 5.88 Å². The van der Waals surface area contributed by atoms with E-state index in [1.54, 1.807) is 13.3 Å². The van der Waals surface area contributed by atoms with Gasteiger partial charge in [0.05, 0.1) is 12.8 Å². The molecule has 0 aliphatic rings. The van der Waals surface area contributed by atoms with Gasteiger partial charge in [-0.25, -0.2) is 4.98 Å². The topological polar surface area (TPSA) is 37.4 Å². The van der Waals surface area contributed by atoms with Gasteiger partial charge in [0.15, 0.2) is 0 Å². The lowest BCUT2D eigenvalue weighted by atomic mass is 10.1. The van der Waals surface area contributed by atoms with Crippen molar-refractivity contribution < 1.29 is 4.74 Å². The SMILES string of the molecule is CCc1ccc(CNc2c(N(C)C)ccnc2OC)cc1. The molecule has 0 saturated heterocycles. The minimum atomic E-state index is 0.617. The molecule has 0 radical (unpaired) electrons. The number of aryl methyl sites for hydroxylation is 1. The third-order valence-corrected chi connectivity index (χ3v) is 3.47. The maximum atomic E-state index is 5.36. The number of ether oxygens (including phenoxy) is 1. The lowest BCUT2D eigenvalue weighted by Gasteiger charge is -2.20.